The highest BCUT2D eigenvalue weighted by Crippen LogP contribution is 2.32. The predicted molar refractivity (Wildman–Crippen MR) is 135 cm³/mol. The van der Waals surface area contributed by atoms with Crippen LogP contribution in [0.25, 0.3) is 0 Å². The van der Waals surface area contributed by atoms with Gasteiger partial charge in [0.2, 0.25) is 0 Å². The molecule has 0 aromatic rings. The Kier molecular flexibility index (Phi) is 13.4. The molecule has 0 aromatic carbocycles. The van der Waals surface area contributed by atoms with Gasteiger partial charge in [0.15, 0.2) is 49.2 Å². The second kappa shape index (κ2) is 16.3. The molecule has 2 unspecified atom stereocenters. The Morgan fingerprint density at radius 1 is 0.477 bits per heavy atom. The van der Waals surface area contributed by atoms with Crippen LogP contribution in [0.15, 0.2) is 0 Å². The summed E-state index contributed by atoms with van der Waals surface area (Å²) in [5, 5.41) is 10.6. The molecule has 0 spiro atoms. The van der Waals surface area contributed by atoms with Gasteiger partial charge in [-0.25, -0.2) is 0 Å². The zero-order valence-electron chi connectivity index (χ0n) is 25.1. The molecule has 2 aliphatic heterocycles. The van der Waals surface area contributed by atoms with Crippen LogP contribution in [0.3, 0.4) is 0 Å². The standard InChI is InChI=1S/C26H36O18/c1-10(27)35-8-18-20(38-12(3)29)22(40-14(5)31)24(42-16(7)33)26(44-18)36-9-17-19(37-11(2)28)21(39-13(4)30)23(25(34)43-17)41-15(6)32/h17-26,34H,8-9H2,1-7H3/t17?,18?,19-,20-,21+,22+,23+,24+,25-,26-/m1/s1. The van der Waals surface area contributed by atoms with Crippen molar-refractivity contribution in [2.45, 2.75) is 110 Å². The van der Waals surface area contributed by atoms with E-state index >= 15 is 0 Å². The molecule has 0 saturated carbocycles. The van der Waals surface area contributed by atoms with Crippen molar-refractivity contribution in [3.8, 4) is 0 Å². The quantitative estimate of drug-likeness (QED) is 0.203. The maximum absolute atomic E-state index is 12.1. The second-order valence-electron chi connectivity index (χ2n) is 9.69. The molecule has 0 amide bonds. The number of carbonyl (C=O) groups excluding carboxylic acids is 7. The fourth-order valence-electron chi connectivity index (χ4n) is 4.52. The van der Waals surface area contributed by atoms with E-state index in [0.717, 1.165) is 48.5 Å². The highest BCUT2D eigenvalue weighted by atomic mass is 16.7. The predicted octanol–water partition coefficient (Wildman–Crippen LogP) is -1.40. The molecule has 0 bridgehead atoms. The number of rotatable bonds is 11. The molecule has 2 heterocycles. The Hall–Kier alpha value is -3.87. The van der Waals surface area contributed by atoms with Gasteiger partial charge in [0.25, 0.3) is 0 Å². The molecule has 18 heteroatoms. The molecule has 0 radical (unpaired) electrons. The average molecular weight is 637 g/mol. The molecule has 18 nitrogen and oxygen atoms in total. The number of aliphatic hydroxyl groups excluding tert-OH is 1. The Bertz CT molecular complexity index is 1090. The van der Waals surface area contributed by atoms with Crippen LogP contribution in [0.1, 0.15) is 48.5 Å². The number of ether oxygens (including phenoxy) is 10. The van der Waals surface area contributed by atoms with Gasteiger partial charge in [0.05, 0.1) is 6.61 Å². The first-order chi connectivity index (χ1) is 20.5. The van der Waals surface area contributed by atoms with Crippen LogP contribution in [0.4, 0.5) is 0 Å². The van der Waals surface area contributed by atoms with E-state index in [4.69, 9.17) is 47.4 Å². The van der Waals surface area contributed by atoms with Crippen molar-refractivity contribution in [1.82, 2.24) is 0 Å². The van der Waals surface area contributed by atoms with E-state index in [1.54, 1.807) is 0 Å². The summed E-state index contributed by atoms with van der Waals surface area (Å²) in [6.07, 6.45) is -15.6. The third-order valence-electron chi connectivity index (χ3n) is 5.89. The van der Waals surface area contributed by atoms with Crippen molar-refractivity contribution in [2.24, 2.45) is 0 Å². The van der Waals surface area contributed by atoms with E-state index in [0.29, 0.717) is 0 Å². The van der Waals surface area contributed by atoms with Crippen molar-refractivity contribution in [3.63, 3.8) is 0 Å². The molecule has 2 aliphatic rings. The van der Waals surface area contributed by atoms with Gasteiger partial charge in [0, 0.05) is 48.5 Å². The van der Waals surface area contributed by atoms with Gasteiger partial charge in [-0.3, -0.25) is 33.6 Å². The third-order valence-corrected chi connectivity index (χ3v) is 5.89. The van der Waals surface area contributed by atoms with Gasteiger partial charge in [-0.1, -0.05) is 0 Å². The van der Waals surface area contributed by atoms with Crippen LogP contribution in [-0.4, -0.2) is 122 Å². The minimum absolute atomic E-state index is 0.523. The Labute approximate surface area is 251 Å². The van der Waals surface area contributed by atoms with Crippen LogP contribution in [0.5, 0.6) is 0 Å². The molecular formula is C26H36O18. The first kappa shape index (κ1) is 36.3. The van der Waals surface area contributed by atoms with Crippen LogP contribution in [-0.2, 0) is 80.9 Å². The number of carbonyl (C=O) groups is 7. The van der Waals surface area contributed by atoms with Crippen LogP contribution >= 0.6 is 0 Å². The number of hydrogen-bond donors (Lipinski definition) is 1. The highest BCUT2D eigenvalue weighted by Gasteiger charge is 2.55. The molecule has 44 heavy (non-hydrogen) atoms. The van der Waals surface area contributed by atoms with Crippen LogP contribution in [0.2, 0.25) is 0 Å². The lowest BCUT2D eigenvalue weighted by Crippen LogP contribution is -2.64. The van der Waals surface area contributed by atoms with E-state index in [-0.39, 0.29) is 0 Å². The average Bonchev–Trinajstić information content (AvgIpc) is 2.87. The Balaban J connectivity index is 2.48. The Morgan fingerprint density at radius 3 is 1.27 bits per heavy atom. The zero-order chi connectivity index (χ0) is 33.3. The lowest BCUT2D eigenvalue weighted by molar-refractivity contribution is -0.330. The van der Waals surface area contributed by atoms with Crippen molar-refractivity contribution in [3.05, 3.63) is 0 Å². The van der Waals surface area contributed by atoms with Gasteiger partial charge in [-0.2, -0.15) is 0 Å². The normalized spacial score (nSPS) is 31.5. The molecule has 0 aliphatic carbocycles. The number of aliphatic hydroxyl groups is 1. The SMILES string of the molecule is CC(=O)OCC1O[C@@H](OCC2O[C@@H](O)[C@@H](OC(C)=O)[C@@H](OC(C)=O)[C@@H]2OC(C)=O)[C@@H](OC(C)=O)[C@@H](OC(C)=O)[C@@H]1OC(C)=O. The number of esters is 7. The van der Waals surface area contributed by atoms with Crippen molar-refractivity contribution in [1.29, 1.82) is 0 Å². The molecule has 2 fully saturated rings. The summed E-state index contributed by atoms with van der Waals surface area (Å²) < 4.78 is 53.7. The minimum atomic E-state index is -1.90. The van der Waals surface area contributed by atoms with Crippen molar-refractivity contribution >= 4 is 41.8 Å². The molecular weight excluding hydrogens is 600 g/mol. The molecule has 248 valence electrons. The van der Waals surface area contributed by atoms with Gasteiger partial charge < -0.3 is 52.5 Å². The molecule has 2 saturated heterocycles. The van der Waals surface area contributed by atoms with E-state index < -0.39 is 116 Å². The lowest BCUT2D eigenvalue weighted by Gasteiger charge is -2.45. The zero-order valence-corrected chi connectivity index (χ0v) is 25.1. The van der Waals surface area contributed by atoms with Crippen molar-refractivity contribution < 1.29 is 86.0 Å². The van der Waals surface area contributed by atoms with E-state index in [9.17, 15) is 38.7 Å². The van der Waals surface area contributed by atoms with Gasteiger partial charge in [0.1, 0.15) is 18.8 Å². The van der Waals surface area contributed by atoms with Gasteiger partial charge in [-0.15, -0.1) is 0 Å². The van der Waals surface area contributed by atoms with Crippen LogP contribution in [0, 0.1) is 0 Å². The summed E-state index contributed by atoms with van der Waals surface area (Å²) in [4.78, 5) is 83.0. The Morgan fingerprint density at radius 2 is 0.841 bits per heavy atom. The van der Waals surface area contributed by atoms with Gasteiger partial charge in [-0.05, 0) is 0 Å². The topological polar surface area (TPSA) is 232 Å². The monoisotopic (exact) mass is 636 g/mol. The molecule has 1 N–H and O–H groups in total. The summed E-state index contributed by atoms with van der Waals surface area (Å²) in [6.45, 7) is 6.15. The summed E-state index contributed by atoms with van der Waals surface area (Å²) in [5.74, 6) is -5.94. The first-order valence-corrected chi connectivity index (χ1v) is 13.3. The largest absolute Gasteiger partial charge is 0.463 e. The first-order valence-electron chi connectivity index (χ1n) is 13.3. The molecule has 0 aromatic heterocycles. The highest BCUT2D eigenvalue weighted by molar-refractivity contribution is 5.69. The minimum Gasteiger partial charge on any atom is -0.463 e. The summed E-state index contributed by atoms with van der Waals surface area (Å²) >= 11 is 0. The summed E-state index contributed by atoms with van der Waals surface area (Å²) in [7, 11) is 0. The smallest absolute Gasteiger partial charge is 0.303 e. The summed E-state index contributed by atoms with van der Waals surface area (Å²) in [5.41, 5.74) is 0. The second-order valence-corrected chi connectivity index (χ2v) is 9.69. The van der Waals surface area contributed by atoms with Crippen molar-refractivity contribution in [2.75, 3.05) is 13.2 Å². The van der Waals surface area contributed by atoms with E-state index in [1.165, 1.54) is 0 Å². The van der Waals surface area contributed by atoms with E-state index in [1.807, 2.05) is 0 Å². The fourth-order valence-corrected chi connectivity index (χ4v) is 4.52. The summed E-state index contributed by atoms with van der Waals surface area (Å²) in [6, 6.07) is 0. The maximum atomic E-state index is 12.1. The van der Waals surface area contributed by atoms with Gasteiger partial charge >= 0.3 is 41.8 Å². The molecule has 2 rings (SSSR count). The van der Waals surface area contributed by atoms with E-state index in [2.05, 4.69) is 0 Å². The van der Waals surface area contributed by atoms with Crippen LogP contribution < -0.4 is 0 Å². The third kappa shape index (κ3) is 10.7. The maximum Gasteiger partial charge on any atom is 0.303 e. The number of hydrogen-bond acceptors (Lipinski definition) is 18. The fraction of sp³-hybridized carbons (Fsp3) is 0.731. The molecule has 10 atom stereocenters. The lowest BCUT2D eigenvalue weighted by atomic mass is 9.97.